The van der Waals surface area contributed by atoms with Crippen LogP contribution in [0.3, 0.4) is 0 Å². The zero-order valence-corrected chi connectivity index (χ0v) is 9.31. The Morgan fingerprint density at radius 3 is 3.00 bits per heavy atom. The molecule has 7 nitrogen and oxygen atoms in total. The van der Waals surface area contributed by atoms with E-state index in [0.717, 1.165) is 5.06 Å². The molecule has 0 aromatic rings. The highest BCUT2D eigenvalue weighted by molar-refractivity contribution is 7.88. The van der Waals surface area contributed by atoms with Gasteiger partial charge in [0.1, 0.15) is 6.04 Å². The largest absolute Gasteiger partial charge is 0.368 e. The van der Waals surface area contributed by atoms with E-state index >= 15 is 0 Å². The number of primary amides is 1. The summed E-state index contributed by atoms with van der Waals surface area (Å²) >= 11 is 0.0954. The van der Waals surface area contributed by atoms with Gasteiger partial charge >= 0.3 is 6.03 Å². The number of hydrogen-bond donors (Lipinski definition) is 2. The summed E-state index contributed by atoms with van der Waals surface area (Å²) in [5.41, 5.74) is 5.95. The third-order valence-electron chi connectivity index (χ3n) is 2.70. The summed E-state index contributed by atoms with van der Waals surface area (Å²) in [6.07, 6.45) is 1.74. The van der Waals surface area contributed by atoms with Crippen molar-refractivity contribution in [3.05, 3.63) is 11.6 Å². The lowest BCUT2D eigenvalue weighted by Gasteiger charge is -2.27. The van der Waals surface area contributed by atoms with Crippen LogP contribution in [0, 0.1) is 0 Å². The number of amides is 3. The van der Waals surface area contributed by atoms with Crippen molar-refractivity contribution in [2.75, 3.05) is 6.54 Å². The molecule has 0 saturated carbocycles. The summed E-state index contributed by atoms with van der Waals surface area (Å²) in [7, 11) is 0. The molecule has 2 heterocycles. The minimum atomic E-state index is -0.721. The second-order valence-corrected chi connectivity index (χ2v) is 3.99. The number of rotatable bonds is 3. The van der Waals surface area contributed by atoms with Crippen molar-refractivity contribution < 1.29 is 18.4 Å². The van der Waals surface area contributed by atoms with Crippen LogP contribution in [0.1, 0.15) is 6.92 Å². The Hall–Kier alpha value is -1.25. The van der Waals surface area contributed by atoms with Crippen LogP contribution in [0.25, 0.3) is 0 Å². The molecule has 2 bridgehead atoms. The molecule has 0 aromatic carbocycles. The number of carbonyl (C=O) groups excluding carboxylic acids is 2. The molecule has 2 aliphatic heterocycles. The molecule has 0 aliphatic carbocycles. The van der Waals surface area contributed by atoms with Crippen molar-refractivity contribution in [1.82, 2.24) is 9.96 Å². The summed E-state index contributed by atoms with van der Waals surface area (Å²) in [5.74, 6) is -0.570. The summed E-state index contributed by atoms with van der Waals surface area (Å²) < 4.78 is 13.3. The van der Waals surface area contributed by atoms with Gasteiger partial charge in [0.2, 0.25) is 5.91 Å². The molecule has 3 N–H and O–H groups in total. The van der Waals surface area contributed by atoms with Crippen LogP contribution in [0.5, 0.6) is 0 Å². The molecule has 1 unspecified atom stereocenters. The number of carbonyl (C=O) groups is 2. The molecule has 2 atom stereocenters. The van der Waals surface area contributed by atoms with Crippen molar-refractivity contribution in [1.29, 1.82) is 0 Å². The molecule has 2 rings (SSSR count). The molecule has 1 fully saturated rings. The monoisotopic (exact) mass is 245 g/mol. The molecular weight excluding hydrogens is 234 g/mol. The third-order valence-corrected chi connectivity index (χ3v) is 2.93. The summed E-state index contributed by atoms with van der Waals surface area (Å²) in [6.45, 7) is 2.07. The van der Waals surface area contributed by atoms with Gasteiger partial charge in [0.15, 0.2) is 12.3 Å². The predicted octanol–water partition coefficient (Wildman–Crippen LogP) is -0.0408. The van der Waals surface area contributed by atoms with Gasteiger partial charge in [0, 0.05) is 0 Å². The van der Waals surface area contributed by atoms with Gasteiger partial charge in [-0.05, 0) is 12.5 Å². The lowest BCUT2D eigenvalue weighted by Crippen LogP contribution is -2.48. The molecule has 2 aliphatic rings. The first-order valence-corrected chi connectivity index (χ1v) is 5.31. The van der Waals surface area contributed by atoms with E-state index in [4.69, 9.17) is 14.6 Å². The van der Waals surface area contributed by atoms with Crippen LogP contribution in [0.2, 0.25) is 0 Å². The smallest absolute Gasteiger partial charge is 0.346 e. The Balaban J connectivity index is 2.29. The number of hydrogen-bond acceptors (Lipinski definition) is 5. The fourth-order valence-corrected chi connectivity index (χ4v) is 2.35. The van der Waals surface area contributed by atoms with E-state index in [1.807, 2.05) is 0 Å². The molecule has 0 aromatic heterocycles. The highest BCUT2D eigenvalue weighted by Crippen LogP contribution is 2.30. The van der Waals surface area contributed by atoms with Crippen molar-refractivity contribution in [2.45, 2.75) is 19.0 Å². The average Bonchev–Trinajstić information content (AvgIpc) is 2.43. The Labute approximate surface area is 96.2 Å². The quantitative estimate of drug-likeness (QED) is 0.537. The summed E-state index contributed by atoms with van der Waals surface area (Å²) in [5, 5.41) is 1.02. The Morgan fingerprint density at radius 1 is 1.75 bits per heavy atom. The third kappa shape index (κ3) is 1.55. The maximum absolute atomic E-state index is 11.8. The minimum absolute atomic E-state index is 0.0954. The first-order chi connectivity index (χ1) is 7.56. The zero-order chi connectivity index (χ0) is 11.9. The van der Waals surface area contributed by atoms with Crippen molar-refractivity contribution in [2.24, 2.45) is 5.73 Å². The van der Waals surface area contributed by atoms with Crippen LogP contribution >= 0.6 is 12.3 Å². The SMILES string of the molecule is CC1=CC2CN(C(=O)N2OSO)[C@@H]1C(N)=O. The molecule has 8 heteroatoms. The van der Waals surface area contributed by atoms with Gasteiger partial charge in [-0.3, -0.25) is 4.79 Å². The fourth-order valence-electron chi connectivity index (χ4n) is 2.10. The van der Waals surface area contributed by atoms with Crippen molar-refractivity contribution in [3.8, 4) is 0 Å². The molecule has 0 spiro atoms. The van der Waals surface area contributed by atoms with E-state index in [1.54, 1.807) is 13.0 Å². The highest BCUT2D eigenvalue weighted by atomic mass is 32.2. The Bertz CT molecular complexity index is 372. The molecule has 1 saturated heterocycles. The van der Waals surface area contributed by atoms with Gasteiger partial charge in [0.05, 0.1) is 12.6 Å². The van der Waals surface area contributed by atoms with Crippen LogP contribution in [0.4, 0.5) is 4.79 Å². The van der Waals surface area contributed by atoms with Crippen molar-refractivity contribution >= 4 is 24.3 Å². The van der Waals surface area contributed by atoms with E-state index in [9.17, 15) is 9.59 Å². The molecule has 0 radical (unpaired) electrons. The first kappa shape index (κ1) is 11.2. The maximum atomic E-state index is 11.8. The minimum Gasteiger partial charge on any atom is -0.368 e. The van der Waals surface area contributed by atoms with Gasteiger partial charge in [0.25, 0.3) is 0 Å². The average molecular weight is 245 g/mol. The lowest BCUT2D eigenvalue weighted by molar-refractivity contribution is -0.121. The molecule has 16 heavy (non-hydrogen) atoms. The second-order valence-electron chi connectivity index (χ2n) is 3.69. The number of urea groups is 1. The van der Waals surface area contributed by atoms with Gasteiger partial charge < -0.3 is 15.2 Å². The van der Waals surface area contributed by atoms with Gasteiger partial charge in [-0.25, -0.2) is 4.79 Å². The van der Waals surface area contributed by atoms with Gasteiger partial charge in [-0.1, -0.05) is 6.08 Å². The highest BCUT2D eigenvalue weighted by Gasteiger charge is 2.47. The number of nitrogens with zero attached hydrogens (tertiary/aromatic N) is 2. The Morgan fingerprint density at radius 2 is 2.44 bits per heavy atom. The number of fused-ring (bicyclic) bond motifs is 2. The second kappa shape index (κ2) is 3.96. The van der Waals surface area contributed by atoms with E-state index < -0.39 is 18.0 Å². The van der Waals surface area contributed by atoms with Gasteiger partial charge in [-0.2, -0.15) is 9.35 Å². The van der Waals surface area contributed by atoms with E-state index in [-0.39, 0.29) is 18.4 Å². The molecular formula is C8H11N3O4S. The van der Waals surface area contributed by atoms with Crippen LogP contribution < -0.4 is 5.73 Å². The first-order valence-electron chi connectivity index (χ1n) is 4.62. The van der Waals surface area contributed by atoms with Gasteiger partial charge in [-0.15, -0.1) is 0 Å². The predicted molar refractivity (Wildman–Crippen MR) is 55.8 cm³/mol. The maximum Gasteiger partial charge on any atom is 0.346 e. The number of hydroxylamine groups is 2. The van der Waals surface area contributed by atoms with Crippen LogP contribution in [0.15, 0.2) is 11.6 Å². The standard InChI is InChI=1S/C8H11N3O4S/c1-4-2-5-3-10(6(4)7(9)12)8(13)11(5)15-16-14/h2,5-6,14H,3H2,1H3,(H2,9,12)/t5?,6-/m0/s1. The fraction of sp³-hybridized carbons (Fsp3) is 0.500. The van der Waals surface area contributed by atoms with E-state index in [0.29, 0.717) is 12.1 Å². The van der Waals surface area contributed by atoms with Crippen molar-refractivity contribution in [3.63, 3.8) is 0 Å². The van der Waals surface area contributed by atoms with Crippen LogP contribution in [-0.4, -0.2) is 45.1 Å². The molecule has 3 amide bonds. The van der Waals surface area contributed by atoms with E-state index in [2.05, 4.69) is 0 Å². The Kier molecular flexibility index (Phi) is 2.78. The van der Waals surface area contributed by atoms with Crippen LogP contribution in [-0.2, 0) is 9.08 Å². The lowest BCUT2D eigenvalue weighted by atomic mass is 10.0. The summed E-state index contributed by atoms with van der Waals surface area (Å²) in [6, 6.07) is -1.48. The topological polar surface area (TPSA) is 96.1 Å². The molecule has 88 valence electrons. The zero-order valence-electron chi connectivity index (χ0n) is 8.49. The summed E-state index contributed by atoms with van der Waals surface area (Å²) in [4.78, 5) is 24.4. The normalized spacial score (nSPS) is 28.4. The number of nitrogens with two attached hydrogens (primary N) is 1. The van der Waals surface area contributed by atoms with E-state index in [1.165, 1.54) is 4.90 Å².